The van der Waals surface area contributed by atoms with E-state index < -0.39 is 36.1 Å². The number of amides is 1. The van der Waals surface area contributed by atoms with Gasteiger partial charge in [0, 0.05) is 6.54 Å². The quantitative estimate of drug-likeness (QED) is 0.525. The van der Waals surface area contributed by atoms with Crippen LogP contribution in [0.1, 0.15) is 46.0 Å². The predicted octanol–water partition coefficient (Wildman–Crippen LogP) is 0.216. The number of carbonyl (C=O) groups is 3. The number of aliphatic carboxylic acids is 2. The molecular formula is C15H27N3O5. The summed E-state index contributed by atoms with van der Waals surface area (Å²) < 4.78 is 0. The van der Waals surface area contributed by atoms with Crippen molar-refractivity contribution in [3.63, 3.8) is 0 Å². The van der Waals surface area contributed by atoms with Crippen LogP contribution in [0.25, 0.3) is 0 Å². The van der Waals surface area contributed by atoms with Crippen molar-refractivity contribution in [2.45, 2.75) is 64.2 Å². The van der Waals surface area contributed by atoms with Crippen molar-refractivity contribution >= 4 is 17.8 Å². The zero-order valence-corrected chi connectivity index (χ0v) is 13.7. The first-order valence-electron chi connectivity index (χ1n) is 8.00. The molecule has 0 bridgehead atoms. The third-order valence-corrected chi connectivity index (χ3v) is 4.16. The molecule has 0 aromatic heterocycles. The van der Waals surface area contributed by atoms with Crippen LogP contribution in [-0.4, -0.2) is 57.8 Å². The van der Waals surface area contributed by atoms with E-state index >= 15 is 0 Å². The van der Waals surface area contributed by atoms with E-state index in [2.05, 4.69) is 5.32 Å². The molecule has 1 heterocycles. The zero-order valence-electron chi connectivity index (χ0n) is 13.7. The summed E-state index contributed by atoms with van der Waals surface area (Å²) in [7, 11) is 0. The third-order valence-electron chi connectivity index (χ3n) is 4.16. The Balaban J connectivity index is 2.76. The first-order chi connectivity index (χ1) is 10.7. The standard InChI is InChI=1S/C15H27N3O5/c1-9(2)13(15(22)23)17-12(19)8-10(14(20)21)18-7-5-3-4-6-11(18)16/h9-11,13H,3-8,16H2,1-2H3,(H,17,19)(H,20,21)(H,22,23)/t10-,11?,13-/m0/s1. The number of carbonyl (C=O) groups excluding carboxylic acids is 1. The Morgan fingerprint density at radius 1 is 1.17 bits per heavy atom. The number of rotatable bonds is 7. The molecule has 0 spiro atoms. The Bertz CT molecular complexity index is 441. The summed E-state index contributed by atoms with van der Waals surface area (Å²) in [5.41, 5.74) is 6.03. The summed E-state index contributed by atoms with van der Waals surface area (Å²) in [5, 5.41) is 20.9. The summed E-state index contributed by atoms with van der Waals surface area (Å²) in [4.78, 5) is 36.4. The minimum absolute atomic E-state index is 0.292. The van der Waals surface area contributed by atoms with Crippen LogP contribution in [0.15, 0.2) is 0 Å². The first kappa shape index (κ1) is 19.4. The summed E-state index contributed by atoms with van der Waals surface area (Å²) in [5.74, 6) is -3.13. The van der Waals surface area contributed by atoms with Gasteiger partial charge >= 0.3 is 11.9 Å². The number of hydrogen-bond donors (Lipinski definition) is 4. The van der Waals surface area contributed by atoms with Crippen molar-refractivity contribution in [3.05, 3.63) is 0 Å². The molecule has 1 aliphatic heterocycles. The van der Waals surface area contributed by atoms with Gasteiger partial charge < -0.3 is 21.3 Å². The Morgan fingerprint density at radius 2 is 1.83 bits per heavy atom. The Labute approximate surface area is 136 Å². The number of hydrogen-bond acceptors (Lipinski definition) is 5. The van der Waals surface area contributed by atoms with Crippen LogP contribution < -0.4 is 11.1 Å². The first-order valence-corrected chi connectivity index (χ1v) is 8.00. The minimum Gasteiger partial charge on any atom is -0.480 e. The molecule has 8 nitrogen and oxygen atoms in total. The van der Waals surface area contributed by atoms with Gasteiger partial charge in [-0.05, 0) is 18.8 Å². The van der Waals surface area contributed by atoms with E-state index in [9.17, 15) is 19.5 Å². The lowest BCUT2D eigenvalue weighted by Gasteiger charge is -2.32. The SMILES string of the molecule is CC(C)[C@H](NC(=O)C[C@@H](C(=O)O)N1CCCCCC1N)C(=O)O. The lowest BCUT2D eigenvalue weighted by molar-refractivity contribution is -0.147. The molecule has 23 heavy (non-hydrogen) atoms. The summed E-state index contributed by atoms with van der Waals surface area (Å²) in [6, 6.07) is -2.07. The molecule has 0 aliphatic carbocycles. The average Bonchev–Trinajstić information content (AvgIpc) is 2.66. The molecule has 132 valence electrons. The maximum absolute atomic E-state index is 12.1. The maximum Gasteiger partial charge on any atom is 0.326 e. The fourth-order valence-electron chi connectivity index (χ4n) is 2.81. The highest BCUT2D eigenvalue weighted by molar-refractivity contribution is 5.87. The number of nitrogens with zero attached hydrogens (tertiary/aromatic N) is 1. The number of likely N-dealkylation sites (tertiary alicyclic amines) is 1. The van der Waals surface area contributed by atoms with Gasteiger partial charge in [0.15, 0.2) is 0 Å². The Kier molecular flexibility index (Phi) is 7.44. The van der Waals surface area contributed by atoms with E-state index in [0.29, 0.717) is 13.0 Å². The predicted molar refractivity (Wildman–Crippen MR) is 83.6 cm³/mol. The Hall–Kier alpha value is -1.67. The molecule has 1 saturated heterocycles. The van der Waals surface area contributed by atoms with Crippen LogP contribution in [0.3, 0.4) is 0 Å². The second kappa shape index (κ2) is 8.83. The molecule has 1 amide bonds. The zero-order chi connectivity index (χ0) is 17.6. The van der Waals surface area contributed by atoms with E-state index in [1.54, 1.807) is 18.7 Å². The molecule has 3 atom stereocenters. The van der Waals surface area contributed by atoms with Gasteiger partial charge in [-0.15, -0.1) is 0 Å². The van der Waals surface area contributed by atoms with E-state index in [1.165, 1.54) is 0 Å². The fourth-order valence-corrected chi connectivity index (χ4v) is 2.81. The van der Waals surface area contributed by atoms with Crippen LogP contribution in [0.4, 0.5) is 0 Å². The molecule has 1 fully saturated rings. The van der Waals surface area contributed by atoms with Gasteiger partial charge in [-0.1, -0.05) is 26.7 Å². The fraction of sp³-hybridized carbons (Fsp3) is 0.800. The van der Waals surface area contributed by atoms with Gasteiger partial charge in [-0.25, -0.2) is 4.79 Å². The van der Waals surface area contributed by atoms with Crippen molar-refractivity contribution in [2.24, 2.45) is 11.7 Å². The summed E-state index contributed by atoms with van der Waals surface area (Å²) >= 11 is 0. The molecule has 0 radical (unpaired) electrons. The van der Waals surface area contributed by atoms with Crippen LogP contribution in [-0.2, 0) is 14.4 Å². The van der Waals surface area contributed by atoms with Gasteiger partial charge in [-0.3, -0.25) is 14.5 Å². The van der Waals surface area contributed by atoms with E-state index in [0.717, 1.165) is 19.3 Å². The number of carboxylic acid groups (broad SMARTS) is 2. The molecular weight excluding hydrogens is 302 g/mol. The van der Waals surface area contributed by atoms with Crippen molar-refractivity contribution in [3.8, 4) is 0 Å². The summed E-state index contributed by atoms with van der Waals surface area (Å²) in [6.45, 7) is 3.88. The van der Waals surface area contributed by atoms with Crippen LogP contribution in [0.5, 0.6) is 0 Å². The second-order valence-corrected chi connectivity index (χ2v) is 6.34. The van der Waals surface area contributed by atoms with Crippen molar-refractivity contribution in [2.75, 3.05) is 6.54 Å². The molecule has 5 N–H and O–H groups in total. The number of nitrogens with one attached hydrogen (secondary N) is 1. The number of nitrogens with two attached hydrogens (primary N) is 1. The van der Waals surface area contributed by atoms with Crippen LogP contribution >= 0.6 is 0 Å². The number of carboxylic acids is 2. The monoisotopic (exact) mass is 329 g/mol. The van der Waals surface area contributed by atoms with Gasteiger partial charge in [-0.2, -0.15) is 0 Å². The van der Waals surface area contributed by atoms with Gasteiger partial charge in [0.1, 0.15) is 12.1 Å². The summed E-state index contributed by atoms with van der Waals surface area (Å²) in [6.07, 6.45) is 2.74. The van der Waals surface area contributed by atoms with E-state index in [1.807, 2.05) is 0 Å². The van der Waals surface area contributed by atoms with Crippen molar-refractivity contribution in [1.29, 1.82) is 0 Å². The topological polar surface area (TPSA) is 133 Å². The molecule has 1 unspecified atom stereocenters. The maximum atomic E-state index is 12.1. The van der Waals surface area contributed by atoms with Crippen molar-refractivity contribution < 1.29 is 24.6 Å². The van der Waals surface area contributed by atoms with E-state index in [-0.39, 0.29) is 12.3 Å². The average molecular weight is 329 g/mol. The lowest BCUT2D eigenvalue weighted by atomic mass is 10.0. The normalized spacial score (nSPS) is 22.2. The molecule has 0 saturated carbocycles. The molecule has 0 aromatic rings. The molecule has 0 aromatic carbocycles. The van der Waals surface area contributed by atoms with Crippen LogP contribution in [0.2, 0.25) is 0 Å². The van der Waals surface area contributed by atoms with E-state index in [4.69, 9.17) is 10.8 Å². The molecule has 8 heteroatoms. The lowest BCUT2D eigenvalue weighted by Crippen LogP contribution is -2.54. The minimum atomic E-state index is -1.13. The molecule has 1 aliphatic rings. The molecule has 1 rings (SSSR count). The highest BCUT2D eigenvalue weighted by Gasteiger charge is 2.33. The van der Waals surface area contributed by atoms with Crippen molar-refractivity contribution in [1.82, 2.24) is 10.2 Å². The Morgan fingerprint density at radius 3 is 2.35 bits per heavy atom. The highest BCUT2D eigenvalue weighted by Crippen LogP contribution is 2.18. The highest BCUT2D eigenvalue weighted by atomic mass is 16.4. The van der Waals surface area contributed by atoms with Gasteiger partial charge in [0.2, 0.25) is 5.91 Å². The smallest absolute Gasteiger partial charge is 0.326 e. The largest absolute Gasteiger partial charge is 0.480 e. The van der Waals surface area contributed by atoms with Crippen LogP contribution in [0, 0.1) is 5.92 Å². The van der Waals surface area contributed by atoms with Gasteiger partial charge in [0.25, 0.3) is 0 Å². The third kappa shape index (κ3) is 5.80. The second-order valence-electron chi connectivity index (χ2n) is 6.34. The van der Waals surface area contributed by atoms with Gasteiger partial charge in [0.05, 0.1) is 12.6 Å².